The molecule has 0 aromatic heterocycles. The Morgan fingerprint density at radius 3 is 2.67 bits per heavy atom. The number of carbonyl (C=O) groups is 2. The average molecular weight is 293 g/mol. The molecule has 2 amide bonds. The Balaban J connectivity index is 2.11. The number of aromatic hydroxyl groups is 1. The lowest BCUT2D eigenvalue weighted by atomic mass is 10.1. The number of likely N-dealkylation sites (N-methyl/N-ethyl adjacent to an activating group) is 1. The van der Waals surface area contributed by atoms with E-state index >= 15 is 0 Å². The summed E-state index contributed by atoms with van der Waals surface area (Å²) < 4.78 is 0. The molecule has 2 rings (SSSR count). The minimum absolute atomic E-state index is 0.134. The third kappa shape index (κ3) is 3.43. The van der Waals surface area contributed by atoms with E-state index in [-0.39, 0.29) is 29.1 Å². The number of phenolic OH excluding ortho intramolecular Hbond substituents is 1. The monoisotopic (exact) mass is 293 g/mol. The molecule has 0 spiro atoms. The van der Waals surface area contributed by atoms with Gasteiger partial charge < -0.3 is 25.3 Å². The van der Waals surface area contributed by atoms with Crippen LogP contribution in [0.15, 0.2) is 18.2 Å². The number of aromatic carboxylic acids is 1. The molecule has 1 unspecified atom stereocenters. The first kappa shape index (κ1) is 15.1. The number of carboxylic acids is 1. The summed E-state index contributed by atoms with van der Waals surface area (Å²) in [5, 5.41) is 21.0. The maximum atomic E-state index is 12.2. The van der Waals surface area contributed by atoms with E-state index in [9.17, 15) is 14.7 Å². The van der Waals surface area contributed by atoms with Crippen LogP contribution >= 0.6 is 0 Å². The molecule has 0 saturated carbocycles. The molecular weight excluding hydrogens is 274 g/mol. The maximum absolute atomic E-state index is 12.2. The number of nitrogens with one attached hydrogen (secondary N) is 1. The van der Waals surface area contributed by atoms with Crippen LogP contribution in [0.2, 0.25) is 0 Å². The van der Waals surface area contributed by atoms with Crippen molar-refractivity contribution >= 4 is 17.7 Å². The predicted molar refractivity (Wildman–Crippen MR) is 77.7 cm³/mol. The number of benzene rings is 1. The van der Waals surface area contributed by atoms with Crippen molar-refractivity contribution in [3.05, 3.63) is 23.8 Å². The normalized spacial score (nSPS) is 19.3. The van der Waals surface area contributed by atoms with Crippen LogP contribution in [0.1, 0.15) is 17.3 Å². The number of anilines is 1. The Labute approximate surface area is 122 Å². The van der Waals surface area contributed by atoms with Gasteiger partial charge in [-0.1, -0.05) is 0 Å². The first-order valence-corrected chi connectivity index (χ1v) is 6.71. The standard InChI is InChI=1S/C14H19N3O4/c1-9-8-17(6-5-16(9)2)14(21)15-12-4-3-10(18)7-11(12)13(19)20/h3-4,7,9,18H,5-6,8H2,1-2H3,(H,15,21)(H,19,20). The van der Waals surface area contributed by atoms with Crippen molar-refractivity contribution in [1.29, 1.82) is 0 Å². The number of amides is 2. The van der Waals surface area contributed by atoms with Crippen LogP contribution in [0, 0.1) is 0 Å². The third-order valence-corrected chi connectivity index (χ3v) is 3.72. The van der Waals surface area contributed by atoms with Gasteiger partial charge in [0.25, 0.3) is 0 Å². The van der Waals surface area contributed by atoms with Gasteiger partial charge in [-0.05, 0) is 32.2 Å². The van der Waals surface area contributed by atoms with Crippen LogP contribution in [-0.2, 0) is 0 Å². The largest absolute Gasteiger partial charge is 0.508 e. The second kappa shape index (κ2) is 6.01. The van der Waals surface area contributed by atoms with E-state index in [1.54, 1.807) is 4.90 Å². The number of rotatable bonds is 2. The van der Waals surface area contributed by atoms with Crippen molar-refractivity contribution in [2.45, 2.75) is 13.0 Å². The SMILES string of the molecule is CC1CN(C(=O)Nc2ccc(O)cc2C(=O)O)CCN1C. The molecule has 1 atom stereocenters. The topological polar surface area (TPSA) is 93.1 Å². The zero-order valence-electron chi connectivity index (χ0n) is 12.0. The first-order chi connectivity index (χ1) is 9.88. The summed E-state index contributed by atoms with van der Waals surface area (Å²) in [5.74, 6) is -1.36. The zero-order valence-corrected chi connectivity index (χ0v) is 12.0. The van der Waals surface area contributed by atoms with Gasteiger partial charge in [0, 0.05) is 25.7 Å². The van der Waals surface area contributed by atoms with Crippen molar-refractivity contribution in [3.8, 4) is 5.75 Å². The van der Waals surface area contributed by atoms with Crippen LogP contribution in [0.25, 0.3) is 0 Å². The van der Waals surface area contributed by atoms with Gasteiger partial charge in [0.1, 0.15) is 5.75 Å². The predicted octanol–water partition coefficient (Wildman–Crippen LogP) is 1.26. The Kier molecular flexibility index (Phi) is 4.32. The molecule has 1 aliphatic rings. The van der Waals surface area contributed by atoms with Crippen LogP contribution in [0.5, 0.6) is 5.75 Å². The second-order valence-corrected chi connectivity index (χ2v) is 5.24. The number of nitrogens with zero attached hydrogens (tertiary/aromatic N) is 2. The van der Waals surface area contributed by atoms with Gasteiger partial charge in [0.2, 0.25) is 0 Å². The van der Waals surface area contributed by atoms with Gasteiger partial charge >= 0.3 is 12.0 Å². The number of hydrogen-bond acceptors (Lipinski definition) is 4. The number of phenols is 1. The Bertz CT molecular complexity index is 561. The highest BCUT2D eigenvalue weighted by molar-refractivity contribution is 6.00. The number of carbonyl (C=O) groups excluding carboxylic acids is 1. The number of carboxylic acid groups (broad SMARTS) is 1. The van der Waals surface area contributed by atoms with Gasteiger partial charge in [0.15, 0.2) is 0 Å². The molecule has 21 heavy (non-hydrogen) atoms. The first-order valence-electron chi connectivity index (χ1n) is 6.71. The van der Waals surface area contributed by atoms with Crippen LogP contribution in [0.4, 0.5) is 10.5 Å². The van der Waals surface area contributed by atoms with Gasteiger partial charge in [0.05, 0.1) is 11.3 Å². The van der Waals surface area contributed by atoms with Gasteiger partial charge in [-0.25, -0.2) is 9.59 Å². The summed E-state index contributed by atoms with van der Waals surface area (Å²) >= 11 is 0. The minimum atomic E-state index is -1.20. The third-order valence-electron chi connectivity index (χ3n) is 3.72. The van der Waals surface area contributed by atoms with Gasteiger partial charge in [-0.2, -0.15) is 0 Å². The number of urea groups is 1. The fourth-order valence-corrected chi connectivity index (χ4v) is 2.25. The summed E-state index contributed by atoms with van der Waals surface area (Å²) in [7, 11) is 2.00. The molecule has 0 aliphatic carbocycles. The second-order valence-electron chi connectivity index (χ2n) is 5.24. The molecule has 1 aromatic carbocycles. The Hall–Kier alpha value is -2.28. The highest BCUT2D eigenvalue weighted by Gasteiger charge is 2.25. The smallest absolute Gasteiger partial charge is 0.337 e. The summed E-state index contributed by atoms with van der Waals surface area (Å²) in [6.45, 7) is 3.98. The fourth-order valence-electron chi connectivity index (χ4n) is 2.25. The molecule has 1 aromatic rings. The zero-order chi connectivity index (χ0) is 15.6. The van der Waals surface area contributed by atoms with E-state index < -0.39 is 5.97 Å². The molecule has 7 heteroatoms. The van der Waals surface area contributed by atoms with Gasteiger partial charge in [-0.3, -0.25) is 0 Å². The molecule has 1 saturated heterocycles. The van der Waals surface area contributed by atoms with Gasteiger partial charge in [-0.15, -0.1) is 0 Å². The van der Waals surface area contributed by atoms with Crippen molar-refractivity contribution in [2.24, 2.45) is 0 Å². The van der Waals surface area contributed by atoms with E-state index in [2.05, 4.69) is 10.2 Å². The van der Waals surface area contributed by atoms with E-state index in [1.807, 2.05) is 14.0 Å². The average Bonchev–Trinajstić information content (AvgIpc) is 2.43. The van der Waals surface area contributed by atoms with E-state index in [0.29, 0.717) is 13.1 Å². The minimum Gasteiger partial charge on any atom is -0.508 e. The van der Waals surface area contributed by atoms with E-state index in [1.165, 1.54) is 12.1 Å². The Morgan fingerprint density at radius 1 is 1.33 bits per heavy atom. The van der Waals surface area contributed by atoms with Crippen molar-refractivity contribution < 1.29 is 19.8 Å². The molecule has 0 radical (unpaired) electrons. The lowest BCUT2D eigenvalue weighted by molar-refractivity contribution is 0.0697. The maximum Gasteiger partial charge on any atom is 0.337 e. The van der Waals surface area contributed by atoms with Crippen molar-refractivity contribution in [3.63, 3.8) is 0 Å². The molecule has 3 N–H and O–H groups in total. The highest BCUT2D eigenvalue weighted by atomic mass is 16.4. The van der Waals surface area contributed by atoms with Crippen molar-refractivity contribution in [1.82, 2.24) is 9.80 Å². The summed E-state index contributed by atoms with van der Waals surface area (Å²) in [4.78, 5) is 27.2. The summed E-state index contributed by atoms with van der Waals surface area (Å²) in [5.41, 5.74) is 0.0439. The molecular formula is C14H19N3O4. The molecule has 1 fully saturated rings. The fraction of sp³-hybridized carbons (Fsp3) is 0.429. The molecule has 1 heterocycles. The van der Waals surface area contributed by atoms with Crippen LogP contribution in [0.3, 0.4) is 0 Å². The number of piperazine rings is 1. The van der Waals surface area contributed by atoms with E-state index in [4.69, 9.17) is 5.11 Å². The quantitative estimate of drug-likeness (QED) is 0.714. The highest BCUT2D eigenvalue weighted by Crippen LogP contribution is 2.22. The lowest BCUT2D eigenvalue weighted by Gasteiger charge is -2.37. The molecule has 0 bridgehead atoms. The lowest BCUT2D eigenvalue weighted by Crippen LogP contribution is -2.53. The summed E-state index contributed by atoms with van der Waals surface area (Å²) in [6, 6.07) is 3.77. The van der Waals surface area contributed by atoms with Crippen LogP contribution in [-0.4, -0.2) is 64.7 Å². The van der Waals surface area contributed by atoms with Crippen molar-refractivity contribution in [2.75, 3.05) is 32.0 Å². The van der Waals surface area contributed by atoms with Crippen LogP contribution < -0.4 is 5.32 Å². The molecule has 1 aliphatic heterocycles. The molecule has 7 nitrogen and oxygen atoms in total. The summed E-state index contributed by atoms with van der Waals surface area (Å²) in [6.07, 6.45) is 0. The Morgan fingerprint density at radius 2 is 2.05 bits per heavy atom. The molecule has 114 valence electrons. The van der Waals surface area contributed by atoms with E-state index in [0.717, 1.165) is 12.6 Å². The number of hydrogen-bond donors (Lipinski definition) is 3.